The molecule has 0 radical (unpaired) electrons. The molecule has 0 aromatic heterocycles. The maximum absolute atomic E-state index is 11.9. The minimum Gasteiger partial charge on any atom is -0.382 e. The third-order valence-electron chi connectivity index (χ3n) is 2.95. The van der Waals surface area contributed by atoms with Crippen molar-refractivity contribution in [3.8, 4) is 0 Å². The number of aliphatic hydroxyl groups excluding tert-OH is 1. The topological polar surface area (TPSA) is 32.3 Å². The van der Waals surface area contributed by atoms with E-state index in [9.17, 15) is 13.2 Å². The fraction of sp³-hybridized carbons (Fsp3) is 1.00. The van der Waals surface area contributed by atoms with Gasteiger partial charge in [0.05, 0.1) is 0 Å². The lowest BCUT2D eigenvalue weighted by Gasteiger charge is -2.18. The highest BCUT2D eigenvalue weighted by molar-refractivity contribution is 4.94. The Balaban J connectivity index is 2.16. The third kappa shape index (κ3) is 3.99. The average Bonchev–Trinajstić information content (AvgIpc) is 2.84. The fourth-order valence-electron chi connectivity index (χ4n) is 1.81. The maximum Gasteiger partial charge on any atom is 0.415 e. The molecule has 0 spiro atoms. The first-order valence-corrected chi connectivity index (χ1v) is 5.35. The summed E-state index contributed by atoms with van der Waals surface area (Å²) in [5.41, 5.74) is 0.222. The molecular formula is C10H18F3NO. The molecule has 2 nitrogen and oxygen atoms in total. The van der Waals surface area contributed by atoms with Gasteiger partial charge in [0.15, 0.2) is 6.10 Å². The number of halogens is 3. The van der Waals surface area contributed by atoms with Gasteiger partial charge in [-0.3, -0.25) is 0 Å². The monoisotopic (exact) mass is 225 g/mol. The number of nitrogens with one attached hydrogen (secondary N) is 1. The van der Waals surface area contributed by atoms with Crippen LogP contribution in [0.15, 0.2) is 0 Å². The van der Waals surface area contributed by atoms with Crippen molar-refractivity contribution in [3.05, 3.63) is 0 Å². The van der Waals surface area contributed by atoms with Crippen LogP contribution < -0.4 is 5.32 Å². The molecule has 1 fully saturated rings. The van der Waals surface area contributed by atoms with Gasteiger partial charge < -0.3 is 10.4 Å². The van der Waals surface area contributed by atoms with Gasteiger partial charge in [0.2, 0.25) is 0 Å². The molecule has 0 bridgehead atoms. The van der Waals surface area contributed by atoms with Crippen molar-refractivity contribution in [2.45, 2.75) is 44.9 Å². The van der Waals surface area contributed by atoms with E-state index in [1.54, 1.807) is 0 Å². The van der Waals surface area contributed by atoms with Crippen molar-refractivity contribution in [3.63, 3.8) is 0 Å². The van der Waals surface area contributed by atoms with Crippen molar-refractivity contribution in [1.29, 1.82) is 0 Å². The van der Waals surface area contributed by atoms with Crippen LogP contribution in [0.5, 0.6) is 0 Å². The van der Waals surface area contributed by atoms with Crippen molar-refractivity contribution in [2.75, 3.05) is 13.1 Å². The van der Waals surface area contributed by atoms with Crippen molar-refractivity contribution >= 4 is 0 Å². The Bertz CT molecular complexity index is 201. The van der Waals surface area contributed by atoms with Crippen LogP contribution in [-0.2, 0) is 0 Å². The van der Waals surface area contributed by atoms with E-state index in [0.29, 0.717) is 6.54 Å². The van der Waals surface area contributed by atoms with Gasteiger partial charge in [-0.05, 0) is 24.7 Å². The Morgan fingerprint density at radius 2 is 2.00 bits per heavy atom. The average molecular weight is 225 g/mol. The van der Waals surface area contributed by atoms with Crippen molar-refractivity contribution in [1.82, 2.24) is 5.32 Å². The molecule has 2 N–H and O–H groups in total. The van der Waals surface area contributed by atoms with E-state index in [1.165, 1.54) is 0 Å². The standard InChI is InChI=1S/C10H18F3NO/c1-2-3-9(4-5-9)7-14-6-8(15)10(11,12)13/h8,14-15H,2-7H2,1H3. The Hall–Kier alpha value is -0.290. The summed E-state index contributed by atoms with van der Waals surface area (Å²) in [6, 6.07) is 0. The highest BCUT2D eigenvalue weighted by Gasteiger charge is 2.42. The van der Waals surface area contributed by atoms with Crippen LogP contribution >= 0.6 is 0 Å². The lowest BCUT2D eigenvalue weighted by atomic mass is 10.0. The van der Waals surface area contributed by atoms with Gasteiger partial charge in [0.1, 0.15) is 0 Å². The van der Waals surface area contributed by atoms with Gasteiger partial charge in [0.25, 0.3) is 0 Å². The van der Waals surface area contributed by atoms with E-state index in [0.717, 1.165) is 25.7 Å². The van der Waals surface area contributed by atoms with E-state index in [4.69, 9.17) is 5.11 Å². The molecule has 1 unspecified atom stereocenters. The van der Waals surface area contributed by atoms with Crippen LogP contribution in [-0.4, -0.2) is 30.5 Å². The number of alkyl halides is 3. The van der Waals surface area contributed by atoms with Crippen LogP contribution in [0.3, 0.4) is 0 Å². The lowest BCUT2D eigenvalue weighted by molar-refractivity contribution is -0.201. The molecule has 0 heterocycles. The van der Waals surface area contributed by atoms with Crippen LogP contribution in [0.4, 0.5) is 13.2 Å². The Morgan fingerprint density at radius 1 is 1.40 bits per heavy atom. The summed E-state index contributed by atoms with van der Waals surface area (Å²) >= 11 is 0. The molecule has 90 valence electrons. The van der Waals surface area contributed by atoms with Gasteiger partial charge in [-0.15, -0.1) is 0 Å². The number of hydrogen-bond acceptors (Lipinski definition) is 2. The first-order valence-electron chi connectivity index (χ1n) is 5.35. The van der Waals surface area contributed by atoms with E-state index in [-0.39, 0.29) is 5.41 Å². The molecular weight excluding hydrogens is 207 g/mol. The first-order chi connectivity index (χ1) is 6.90. The van der Waals surface area contributed by atoms with E-state index in [2.05, 4.69) is 12.2 Å². The molecule has 1 rings (SSSR count). The van der Waals surface area contributed by atoms with Gasteiger partial charge >= 0.3 is 6.18 Å². The number of rotatable bonds is 6. The predicted octanol–water partition coefficient (Wildman–Crippen LogP) is 2.08. The van der Waals surface area contributed by atoms with Crippen LogP contribution in [0.25, 0.3) is 0 Å². The Kier molecular flexibility index (Phi) is 4.00. The van der Waals surface area contributed by atoms with E-state index >= 15 is 0 Å². The largest absolute Gasteiger partial charge is 0.415 e. The molecule has 5 heteroatoms. The SMILES string of the molecule is CCCC1(CNCC(O)C(F)(F)F)CC1. The Labute approximate surface area is 87.9 Å². The van der Waals surface area contributed by atoms with Gasteiger partial charge in [0, 0.05) is 13.1 Å². The van der Waals surface area contributed by atoms with Crippen LogP contribution in [0.2, 0.25) is 0 Å². The molecule has 0 aromatic rings. The van der Waals surface area contributed by atoms with Crippen LogP contribution in [0, 0.1) is 5.41 Å². The normalized spacial score (nSPS) is 21.4. The van der Waals surface area contributed by atoms with Crippen molar-refractivity contribution < 1.29 is 18.3 Å². The highest BCUT2D eigenvalue weighted by atomic mass is 19.4. The van der Waals surface area contributed by atoms with E-state index < -0.39 is 18.8 Å². The molecule has 0 aliphatic heterocycles. The van der Waals surface area contributed by atoms with Gasteiger partial charge in [-0.25, -0.2) is 0 Å². The second-order valence-electron chi connectivity index (χ2n) is 4.44. The zero-order valence-corrected chi connectivity index (χ0v) is 8.90. The summed E-state index contributed by atoms with van der Waals surface area (Å²) in [6.07, 6.45) is -2.44. The molecule has 0 saturated heterocycles. The van der Waals surface area contributed by atoms with Crippen LogP contribution in [0.1, 0.15) is 32.6 Å². The zero-order valence-electron chi connectivity index (χ0n) is 8.90. The second-order valence-corrected chi connectivity index (χ2v) is 4.44. The summed E-state index contributed by atoms with van der Waals surface area (Å²) in [6.45, 7) is 2.27. The fourth-order valence-corrected chi connectivity index (χ4v) is 1.81. The molecule has 0 amide bonds. The molecule has 1 aliphatic carbocycles. The molecule has 1 saturated carbocycles. The Morgan fingerprint density at radius 3 is 2.40 bits per heavy atom. The molecule has 1 aliphatic rings. The summed E-state index contributed by atoms with van der Waals surface area (Å²) < 4.78 is 35.8. The molecule has 15 heavy (non-hydrogen) atoms. The molecule has 0 aromatic carbocycles. The van der Waals surface area contributed by atoms with Gasteiger partial charge in [-0.2, -0.15) is 13.2 Å². The summed E-state index contributed by atoms with van der Waals surface area (Å²) in [5.74, 6) is 0. The summed E-state index contributed by atoms with van der Waals surface area (Å²) in [5, 5.41) is 11.5. The van der Waals surface area contributed by atoms with Gasteiger partial charge in [-0.1, -0.05) is 13.3 Å². The number of aliphatic hydroxyl groups is 1. The lowest BCUT2D eigenvalue weighted by Crippen LogP contribution is -2.40. The predicted molar refractivity (Wildman–Crippen MR) is 51.5 cm³/mol. The quantitative estimate of drug-likeness (QED) is 0.725. The zero-order chi connectivity index (χ0) is 11.5. The summed E-state index contributed by atoms with van der Waals surface area (Å²) in [4.78, 5) is 0. The molecule has 1 atom stereocenters. The number of hydrogen-bond donors (Lipinski definition) is 2. The summed E-state index contributed by atoms with van der Waals surface area (Å²) in [7, 11) is 0. The second kappa shape index (κ2) is 4.70. The van der Waals surface area contributed by atoms with Crippen molar-refractivity contribution in [2.24, 2.45) is 5.41 Å². The highest BCUT2D eigenvalue weighted by Crippen LogP contribution is 2.48. The smallest absolute Gasteiger partial charge is 0.382 e. The minimum atomic E-state index is -4.51. The minimum absolute atomic E-state index is 0.222. The van der Waals surface area contributed by atoms with E-state index in [1.807, 2.05) is 0 Å². The maximum atomic E-state index is 11.9. The third-order valence-corrected chi connectivity index (χ3v) is 2.95. The first kappa shape index (κ1) is 12.8.